The molecule has 2 N–H and O–H groups in total. The molecule has 7 nitrogen and oxygen atoms in total. The van der Waals surface area contributed by atoms with Crippen molar-refractivity contribution in [3.05, 3.63) is 31.0 Å². The first-order chi connectivity index (χ1) is 7.75. The molecule has 0 unspecified atom stereocenters. The standard InChI is InChI=1S/C8H9BN4O3/c14-9(15)16-13-3-1-2-11-6-12-5-10-4-7(12)8(11)13/h1-5,14-15H,6H2/q+2. The summed E-state index contributed by atoms with van der Waals surface area (Å²) >= 11 is 0. The number of hydrogen-bond acceptors (Lipinski definition) is 4. The van der Waals surface area contributed by atoms with Crippen LogP contribution in [0.3, 0.4) is 0 Å². The van der Waals surface area contributed by atoms with Gasteiger partial charge >= 0.3 is 13.1 Å². The molecule has 0 aliphatic carbocycles. The molecule has 0 aromatic carbocycles. The fourth-order valence-electron chi connectivity index (χ4n) is 1.83. The lowest BCUT2D eigenvalue weighted by atomic mass is 10.3. The highest BCUT2D eigenvalue weighted by Crippen LogP contribution is 2.14. The number of imidazole rings is 1. The second-order valence-corrected chi connectivity index (χ2v) is 3.43. The van der Waals surface area contributed by atoms with Crippen LogP contribution in [0, 0.1) is 0 Å². The molecular formula is C8H9BN4O3+2. The molecule has 0 bridgehead atoms. The van der Waals surface area contributed by atoms with Crippen molar-refractivity contribution in [1.82, 2.24) is 9.55 Å². The summed E-state index contributed by atoms with van der Waals surface area (Å²) in [7, 11) is -1.85. The minimum Gasteiger partial charge on any atom is -0.387 e. The van der Waals surface area contributed by atoms with Gasteiger partial charge in [0.15, 0.2) is 6.20 Å². The summed E-state index contributed by atoms with van der Waals surface area (Å²) in [4.78, 5) is 4.02. The maximum absolute atomic E-state index is 8.82. The Morgan fingerprint density at radius 3 is 3.12 bits per heavy atom. The zero-order valence-electron chi connectivity index (χ0n) is 8.26. The Morgan fingerprint density at radius 2 is 2.31 bits per heavy atom. The van der Waals surface area contributed by atoms with Gasteiger partial charge in [0.25, 0.3) is 0 Å². The van der Waals surface area contributed by atoms with Crippen LogP contribution in [0.25, 0.3) is 11.5 Å². The van der Waals surface area contributed by atoms with Gasteiger partial charge in [-0.15, -0.1) is 4.57 Å². The van der Waals surface area contributed by atoms with Crippen molar-refractivity contribution in [3.63, 3.8) is 0 Å². The molecule has 0 atom stereocenters. The quantitative estimate of drug-likeness (QED) is 0.365. The molecule has 0 spiro atoms. The molecule has 3 rings (SSSR count). The van der Waals surface area contributed by atoms with Gasteiger partial charge in [-0.1, -0.05) is 0 Å². The molecule has 2 aromatic heterocycles. The molecule has 80 valence electrons. The predicted octanol–water partition coefficient (Wildman–Crippen LogP) is -2.66. The topological polar surface area (TPSA) is 75.3 Å². The minimum atomic E-state index is -1.85. The lowest BCUT2D eigenvalue weighted by Crippen LogP contribution is -2.57. The number of fused-ring (bicyclic) bond motifs is 3. The fraction of sp³-hybridized carbons (Fsp3) is 0.125. The predicted molar refractivity (Wildman–Crippen MR) is 50.2 cm³/mol. The van der Waals surface area contributed by atoms with Crippen molar-refractivity contribution in [1.29, 1.82) is 0 Å². The van der Waals surface area contributed by atoms with Gasteiger partial charge in [-0.05, 0) is 0 Å². The van der Waals surface area contributed by atoms with Crippen molar-refractivity contribution >= 4 is 7.32 Å². The van der Waals surface area contributed by atoms with E-state index in [1.807, 2.05) is 15.3 Å². The fourth-order valence-corrected chi connectivity index (χ4v) is 1.83. The largest absolute Gasteiger partial charge is 0.772 e. The Kier molecular flexibility index (Phi) is 1.91. The zero-order chi connectivity index (χ0) is 11.1. The van der Waals surface area contributed by atoms with E-state index < -0.39 is 7.32 Å². The zero-order valence-corrected chi connectivity index (χ0v) is 8.26. The van der Waals surface area contributed by atoms with E-state index >= 15 is 0 Å². The third-order valence-electron chi connectivity index (χ3n) is 2.42. The van der Waals surface area contributed by atoms with Crippen LogP contribution >= 0.6 is 0 Å². The second kappa shape index (κ2) is 3.29. The smallest absolute Gasteiger partial charge is 0.387 e. The highest BCUT2D eigenvalue weighted by atomic mass is 16.7. The van der Waals surface area contributed by atoms with Crippen molar-refractivity contribution in [2.24, 2.45) is 0 Å². The minimum absolute atomic E-state index is 0.635. The van der Waals surface area contributed by atoms with E-state index in [2.05, 4.69) is 4.98 Å². The monoisotopic (exact) mass is 220 g/mol. The van der Waals surface area contributed by atoms with Crippen LogP contribution in [0.5, 0.6) is 0 Å². The van der Waals surface area contributed by atoms with Gasteiger partial charge in [0.05, 0.1) is 17.0 Å². The summed E-state index contributed by atoms with van der Waals surface area (Å²) in [5.74, 6) is 0.716. The molecule has 1 aliphatic rings. The van der Waals surface area contributed by atoms with Crippen LogP contribution in [0.2, 0.25) is 0 Å². The third-order valence-corrected chi connectivity index (χ3v) is 2.42. The lowest BCUT2D eigenvalue weighted by molar-refractivity contribution is -0.909. The van der Waals surface area contributed by atoms with Gasteiger partial charge in [0.2, 0.25) is 18.6 Å². The molecule has 0 fully saturated rings. The van der Waals surface area contributed by atoms with E-state index in [0.29, 0.717) is 12.5 Å². The van der Waals surface area contributed by atoms with Gasteiger partial charge < -0.3 is 10.0 Å². The average Bonchev–Trinajstić information content (AvgIpc) is 2.75. The van der Waals surface area contributed by atoms with Crippen LogP contribution in [0.4, 0.5) is 0 Å². The summed E-state index contributed by atoms with van der Waals surface area (Å²) in [6.07, 6.45) is 6.89. The van der Waals surface area contributed by atoms with Crippen molar-refractivity contribution in [2.45, 2.75) is 6.67 Å². The van der Waals surface area contributed by atoms with E-state index in [9.17, 15) is 0 Å². The van der Waals surface area contributed by atoms with Crippen molar-refractivity contribution < 1.29 is 24.1 Å². The molecule has 0 saturated heterocycles. The molecule has 1 aliphatic heterocycles. The summed E-state index contributed by atoms with van der Waals surface area (Å²) in [6.45, 7) is 0.635. The molecule has 2 aromatic rings. The Bertz CT molecular complexity index is 542. The van der Waals surface area contributed by atoms with Crippen LogP contribution in [0.1, 0.15) is 0 Å². The van der Waals surface area contributed by atoms with Gasteiger partial charge in [-0.25, -0.2) is 4.98 Å². The Morgan fingerprint density at radius 1 is 1.44 bits per heavy atom. The molecular weight excluding hydrogens is 211 g/mol. The van der Waals surface area contributed by atoms with E-state index in [1.54, 1.807) is 24.8 Å². The second-order valence-electron chi connectivity index (χ2n) is 3.43. The summed E-state index contributed by atoms with van der Waals surface area (Å²) < 4.78 is 10.0. The van der Waals surface area contributed by atoms with Gasteiger partial charge in [0, 0.05) is 0 Å². The maximum Gasteiger partial charge on any atom is 0.772 e. The summed E-state index contributed by atoms with van der Waals surface area (Å²) in [5.41, 5.74) is 0.862. The van der Waals surface area contributed by atoms with Crippen LogP contribution < -0.4 is 14.1 Å². The molecule has 3 heterocycles. The Balaban J connectivity index is 2.14. The highest BCUT2D eigenvalue weighted by molar-refractivity contribution is 6.32. The van der Waals surface area contributed by atoms with Gasteiger partial charge in [0.1, 0.15) is 6.33 Å². The Labute approximate surface area is 90.9 Å². The van der Waals surface area contributed by atoms with E-state index in [0.717, 1.165) is 5.69 Å². The molecule has 0 saturated carbocycles. The SMILES string of the molecule is OB(O)O[n+]1ccc[n+]2c1-c1cncn1C2. The van der Waals surface area contributed by atoms with Gasteiger partial charge in [-0.3, -0.25) is 9.32 Å². The lowest BCUT2D eigenvalue weighted by Gasteiger charge is -1.95. The van der Waals surface area contributed by atoms with Crippen LogP contribution in [-0.4, -0.2) is 26.9 Å². The van der Waals surface area contributed by atoms with E-state index in [1.165, 1.54) is 4.73 Å². The number of rotatable bonds is 2. The number of aromatic nitrogens is 4. The molecule has 16 heavy (non-hydrogen) atoms. The number of hydrogen-bond donors (Lipinski definition) is 2. The molecule has 0 amide bonds. The molecule has 8 heteroatoms. The highest BCUT2D eigenvalue weighted by Gasteiger charge is 2.39. The summed E-state index contributed by atoms with van der Waals surface area (Å²) in [5, 5.41) is 17.6. The van der Waals surface area contributed by atoms with Gasteiger partial charge in [-0.2, -0.15) is 0 Å². The van der Waals surface area contributed by atoms with Crippen molar-refractivity contribution in [2.75, 3.05) is 0 Å². The normalized spacial score (nSPS) is 12.1. The maximum atomic E-state index is 8.82. The Hall–Kier alpha value is -1.93. The third kappa shape index (κ3) is 1.28. The summed E-state index contributed by atoms with van der Waals surface area (Å²) in [6, 6.07) is 1.76. The molecule has 0 radical (unpaired) electrons. The average molecular weight is 220 g/mol. The van der Waals surface area contributed by atoms with Crippen molar-refractivity contribution in [3.8, 4) is 11.5 Å². The van der Waals surface area contributed by atoms with E-state index in [4.69, 9.17) is 14.8 Å². The first-order valence-electron chi connectivity index (χ1n) is 4.73. The number of nitrogens with zero attached hydrogens (tertiary/aromatic N) is 4. The first-order valence-corrected chi connectivity index (χ1v) is 4.73. The van der Waals surface area contributed by atoms with Crippen LogP contribution in [-0.2, 0) is 6.67 Å². The first kappa shape index (κ1) is 9.31. The van der Waals surface area contributed by atoms with E-state index in [-0.39, 0.29) is 0 Å². The van der Waals surface area contributed by atoms with Crippen LogP contribution in [0.15, 0.2) is 31.0 Å².